The van der Waals surface area contributed by atoms with Gasteiger partial charge in [-0.05, 0) is 13.8 Å². The Morgan fingerprint density at radius 2 is 2.17 bits per heavy atom. The van der Waals surface area contributed by atoms with E-state index in [1.165, 1.54) is 4.90 Å². The molecule has 1 aromatic heterocycles. The molecule has 0 saturated carbocycles. The van der Waals surface area contributed by atoms with Crippen molar-refractivity contribution in [2.24, 2.45) is 5.92 Å². The topological polar surface area (TPSA) is 52.0 Å². The summed E-state index contributed by atoms with van der Waals surface area (Å²) in [5, 5.41) is 11.4. The van der Waals surface area contributed by atoms with Crippen molar-refractivity contribution in [3.63, 3.8) is 0 Å². The first-order chi connectivity index (χ1) is 8.49. The Labute approximate surface area is 105 Å². The standard InChI is InChI=1S/C12H16F2N4/c1-4-16-11-9(13)5-10(14)12(17-11)18(3)7-8(2)6-15/h5,8H,4,7H2,1-3H3,(H,16,17). The fourth-order valence-electron chi connectivity index (χ4n) is 1.55. The summed E-state index contributed by atoms with van der Waals surface area (Å²) >= 11 is 0. The smallest absolute Gasteiger partial charge is 0.168 e. The Hall–Kier alpha value is -1.90. The van der Waals surface area contributed by atoms with Crippen LogP contribution in [-0.2, 0) is 0 Å². The highest BCUT2D eigenvalue weighted by Crippen LogP contribution is 2.22. The van der Waals surface area contributed by atoms with E-state index >= 15 is 0 Å². The van der Waals surface area contributed by atoms with Gasteiger partial charge in [0.25, 0.3) is 0 Å². The molecule has 0 spiro atoms. The molecule has 1 heterocycles. The zero-order chi connectivity index (χ0) is 13.7. The first-order valence-electron chi connectivity index (χ1n) is 5.70. The maximum absolute atomic E-state index is 13.6. The Balaban J connectivity index is 3.01. The van der Waals surface area contributed by atoms with Crippen LogP contribution in [0.5, 0.6) is 0 Å². The van der Waals surface area contributed by atoms with Crippen LogP contribution in [0, 0.1) is 28.9 Å². The van der Waals surface area contributed by atoms with Crippen molar-refractivity contribution in [2.45, 2.75) is 13.8 Å². The van der Waals surface area contributed by atoms with Gasteiger partial charge in [-0.2, -0.15) is 5.26 Å². The average molecular weight is 254 g/mol. The Kier molecular flexibility index (Phi) is 4.84. The summed E-state index contributed by atoms with van der Waals surface area (Å²) in [5.74, 6) is -1.66. The fourth-order valence-corrected chi connectivity index (χ4v) is 1.55. The second kappa shape index (κ2) is 6.15. The largest absolute Gasteiger partial charge is 0.368 e. The number of rotatable bonds is 5. The molecule has 0 amide bonds. The first-order valence-corrected chi connectivity index (χ1v) is 5.70. The molecule has 0 fully saturated rings. The SMILES string of the molecule is CCNc1nc(N(C)CC(C)C#N)c(F)cc1F. The molecule has 0 aromatic carbocycles. The van der Waals surface area contributed by atoms with Gasteiger partial charge in [-0.3, -0.25) is 0 Å². The van der Waals surface area contributed by atoms with Gasteiger partial charge >= 0.3 is 0 Å². The van der Waals surface area contributed by atoms with Crippen LogP contribution in [0.4, 0.5) is 20.4 Å². The number of nitrogens with one attached hydrogen (secondary N) is 1. The number of halogens is 2. The lowest BCUT2D eigenvalue weighted by Crippen LogP contribution is -2.25. The van der Waals surface area contributed by atoms with Crippen LogP contribution in [0.15, 0.2) is 6.07 Å². The van der Waals surface area contributed by atoms with E-state index in [1.807, 2.05) is 0 Å². The Morgan fingerprint density at radius 3 is 2.72 bits per heavy atom. The highest BCUT2D eigenvalue weighted by molar-refractivity contribution is 5.49. The monoisotopic (exact) mass is 254 g/mol. The molecule has 1 N–H and O–H groups in total. The van der Waals surface area contributed by atoms with E-state index in [0.29, 0.717) is 13.1 Å². The molecule has 1 atom stereocenters. The van der Waals surface area contributed by atoms with Crippen LogP contribution in [0.3, 0.4) is 0 Å². The molecule has 0 radical (unpaired) electrons. The van der Waals surface area contributed by atoms with E-state index in [4.69, 9.17) is 5.26 Å². The highest BCUT2D eigenvalue weighted by Gasteiger charge is 2.16. The summed E-state index contributed by atoms with van der Waals surface area (Å²) in [6.45, 7) is 4.35. The third-order valence-corrected chi connectivity index (χ3v) is 2.38. The van der Waals surface area contributed by atoms with Gasteiger partial charge in [0.1, 0.15) is 0 Å². The minimum Gasteiger partial charge on any atom is -0.368 e. The van der Waals surface area contributed by atoms with Crippen LogP contribution >= 0.6 is 0 Å². The number of nitrogens with zero attached hydrogens (tertiary/aromatic N) is 3. The lowest BCUT2D eigenvalue weighted by atomic mass is 10.2. The van der Waals surface area contributed by atoms with E-state index in [0.717, 1.165) is 6.07 Å². The Bertz CT molecular complexity index is 456. The molecule has 18 heavy (non-hydrogen) atoms. The summed E-state index contributed by atoms with van der Waals surface area (Å²) in [6, 6.07) is 2.85. The molecule has 4 nitrogen and oxygen atoms in total. The van der Waals surface area contributed by atoms with Gasteiger partial charge in [0.2, 0.25) is 0 Å². The van der Waals surface area contributed by atoms with Crippen molar-refractivity contribution in [1.29, 1.82) is 5.26 Å². The molecular weight excluding hydrogens is 238 g/mol. The van der Waals surface area contributed by atoms with E-state index < -0.39 is 11.6 Å². The predicted octanol–water partition coefficient (Wildman–Crippen LogP) is 2.39. The molecule has 0 bridgehead atoms. The van der Waals surface area contributed by atoms with Gasteiger partial charge in [0.05, 0.1) is 12.0 Å². The maximum Gasteiger partial charge on any atom is 0.168 e. The molecule has 6 heteroatoms. The molecule has 1 unspecified atom stereocenters. The average Bonchev–Trinajstić information content (AvgIpc) is 2.32. The van der Waals surface area contributed by atoms with Crippen molar-refractivity contribution in [2.75, 3.05) is 30.4 Å². The summed E-state index contributed by atoms with van der Waals surface area (Å²) in [5.41, 5.74) is 0. The van der Waals surface area contributed by atoms with Crippen molar-refractivity contribution >= 4 is 11.6 Å². The predicted molar refractivity (Wildman–Crippen MR) is 66.4 cm³/mol. The van der Waals surface area contributed by atoms with Crippen molar-refractivity contribution in [3.8, 4) is 6.07 Å². The number of hydrogen-bond donors (Lipinski definition) is 1. The third-order valence-electron chi connectivity index (χ3n) is 2.38. The molecule has 1 rings (SSSR count). The highest BCUT2D eigenvalue weighted by atomic mass is 19.1. The van der Waals surface area contributed by atoms with Crippen LogP contribution in [0.2, 0.25) is 0 Å². The van der Waals surface area contributed by atoms with Crippen LogP contribution < -0.4 is 10.2 Å². The summed E-state index contributed by atoms with van der Waals surface area (Å²) in [7, 11) is 1.62. The summed E-state index contributed by atoms with van der Waals surface area (Å²) in [4.78, 5) is 5.41. The molecule has 0 aliphatic carbocycles. The molecule has 1 aromatic rings. The van der Waals surface area contributed by atoms with E-state index in [1.54, 1.807) is 20.9 Å². The molecule has 98 valence electrons. The molecule has 0 aliphatic heterocycles. The number of aromatic nitrogens is 1. The van der Waals surface area contributed by atoms with E-state index in [2.05, 4.69) is 16.4 Å². The van der Waals surface area contributed by atoms with Crippen LogP contribution in [0.25, 0.3) is 0 Å². The third kappa shape index (κ3) is 3.29. The molecular formula is C12H16F2N4. The first kappa shape index (κ1) is 14.2. The fraction of sp³-hybridized carbons (Fsp3) is 0.500. The number of hydrogen-bond acceptors (Lipinski definition) is 4. The van der Waals surface area contributed by atoms with Gasteiger partial charge in [0, 0.05) is 26.2 Å². The number of pyridine rings is 1. The number of anilines is 2. The lowest BCUT2D eigenvalue weighted by Gasteiger charge is -2.20. The minimum absolute atomic E-state index is 0.0189. The Morgan fingerprint density at radius 1 is 1.50 bits per heavy atom. The second-order valence-electron chi connectivity index (χ2n) is 4.07. The minimum atomic E-state index is -0.734. The van der Waals surface area contributed by atoms with Crippen LogP contribution in [-0.4, -0.2) is 25.1 Å². The van der Waals surface area contributed by atoms with Gasteiger partial charge in [0.15, 0.2) is 23.3 Å². The van der Waals surface area contributed by atoms with E-state index in [9.17, 15) is 8.78 Å². The number of nitriles is 1. The van der Waals surface area contributed by atoms with E-state index in [-0.39, 0.29) is 17.6 Å². The van der Waals surface area contributed by atoms with Gasteiger partial charge in [-0.1, -0.05) is 0 Å². The lowest BCUT2D eigenvalue weighted by molar-refractivity contribution is 0.569. The zero-order valence-corrected chi connectivity index (χ0v) is 10.7. The van der Waals surface area contributed by atoms with Gasteiger partial charge < -0.3 is 10.2 Å². The summed E-state index contributed by atoms with van der Waals surface area (Å²) < 4.78 is 27.0. The second-order valence-corrected chi connectivity index (χ2v) is 4.07. The summed E-state index contributed by atoms with van der Waals surface area (Å²) in [6.07, 6.45) is 0. The quantitative estimate of drug-likeness (QED) is 0.876. The zero-order valence-electron chi connectivity index (χ0n) is 10.7. The van der Waals surface area contributed by atoms with Crippen molar-refractivity contribution in [3.05, 3.63) is 17.7 Å². The molecule has 0 aliphatic rings. The van der Waals surface area contributed by atoms with Gasteiger partial charge in [-0.15, -0.1) is 0 Å². The molecule has 0 saturated heterocycles. The van der Waals surface area contributed by atoms with Crippen LogP contribution in [0.1, 0.15) is 13.8 Å². The van der Waals surface area contributed by atoms with Gasteiger partial charge in [-0.25, -0.2) is 13.8 Å². The van der Waals surface area contributed by atoms with Crippen molar-refractivity contribution in [1.82, 2.24) is 4.98 Å². The maximum atomic E-state index is 13.6. The normalized spacial score (nSPS) is 11.8. The van der Waals surface area contributed by atoms with Crippen molar-refractivity contribution < 1.29 is 8.78 Å².